The van der Waals surface area contributed by atoms with Crippen LogP contribution in [0.3, 0.4) is 0 Å². The highest BCUT2D eigenvalue weighted by atomic mass is 32.2. The first kappa shape index (κ1) is 18.4. The van der Waals surface area contributed by atoms with E-state index in [0.717, 1.165) is 12.0 Å². The fourth-order valence-corrected chi connectivity index (χ4v) is 2.53. The standard InChI is InChI=1S/C16H24N2O3S/c1-4-12(2)18-15(19)8-9-17-16(20)14-7-5-6-13(10-14)11-22(3)21/h5-7,10,12H,4,8-9,11H2,1-3H3,(H,17,20)(H,18,19)/t12-,22-/m0/s1. The summed E-state index contributed by atoms with van der Waals surface area (Å²) in [5.41, 5.74) is 1.38. The van der Waals surface area contributed by atoms with Crippen molar-refractivity contribution in [3.05, 3.63) is 35.4 Å². The summed E-state index contributed by atoms with van der Waals surface area (Å²) < 4.78 is 11.2. The summed E-state index contributed by atoms with van der Waals surface area (Å²) in [4.78, 5) is 23.6. The Labute approximate surface area is 134 Å². The minimum absolute atomic E-state index is 0.0650. The van der Waals surface area contributed by atoms with Gasteiger partial charge in [0, 0.05) is 47.4 Å². The largest absolute Gasteiger partial charge is 0.354 e. The number of hydrogen-bond acceptors (Lipinski definition) is 3. The second kappa shape index (κ2) is 9.35. The van der Waals surface area contributed by atoms with Crippen molar-refractivity contribution >= 4 is 22.6 Å². The first-order chi connectivity index (χ1) is 10.4. The van der Waals surface area contributed by atoms with Gasteiger partial charge in [-0.1, -0.05) is 19.1 Å². The van der Waals surface area contributed by atoms with Crippen LogP contribution in [0.5, 0.6) is 0 Å². The maximum absolute atomic E-state index is 12.0. The van der Waals surface area contributed by atoms with E-state index in [1.807, 2.05) is 19.9 Å². The van der Waals surface area contributed by atoms with Crippen LogP contribution in [0, 0.1) is 0 Å². The van der Waals surface area contributed by atoms with Crippen molar-refractivity contribution in [3.63, 3.8) is 0 Å². The van der Waals surface area contributed by atoms with Crippen LogP contribution < -0.4 is 10.6 Å². The number of hydrogen-bond donors (Lipinski definition) is 2. The molecule has 1 rings (SSSR count). The van der Waals surface area contributed by atoms with Crippen LogP contribution in [-0.4, -0.2) is 34.9 Å². The molecular formula is C16H24N2O3S. The molecule has 22 heavy (non-hydrogen) atoms. The van der Waals surface area contributed by atoms with Gasteiger partial charge in [-0.15, -0.1) is 0 Å². The molecule has 6 heteroatoms. The molecule has 0 fully saturated rings. The number of carbonyl (C=O) groups excluding carboxylic acids is 2. The van der Waals surface area contributed by atoms with Crippen molar-refractivity contribution in [3.8, 4) is 0 Å². The number of carbonyl (C=O) groups is 2. The lowest BCUT2D eigenvalue weighted by atomic mass is 10.1. The number of benzene rings is 1. The average Bonchev–Trinajstić information content (AvgIpc) is 2.46. The molecule has 1 aromatic rings. The molecule has 0 saturated carbocycles. The van der Waals surface area contributed by atoms with Crippen LogP contribution in [0.1, 0.15) is 42.6 Å². The van der Waals surface area contributed by atoms with Gasteiger partial charge in [0.2, 0.25) is 5.91 Å². The molecule has 2 atom stereocenters. The molecule has 0 radical (unpaired) electrons. The molecule has 2 amide bonds. The Hall–Kier alpha value is -1.69. The normalized spacial score (nSPS) is 13.2. The van der Waals surface area contributed by atoms with E-state index < -0.39 is 10.8 Å². The van der Waals surface area contributed by atoms with Crippen LogP contribution in [0.25, 0.3) is 0 Å². The van der Waals surface area contributed by atoms with E-state index in [1.54, 1.807) is 24.5 Å². The molecule has 0 aliphatic carbocycles. The monoisotopic (exact) mass is 324 g/mol. The van der Waals surface area contributed by atoms with Crippen LogP contribution in [0.4, 0.5) is 0 Å². The molecule has 0 aliphatic rings. The highest BCUT2D eigenvalue weighted by molar-refractivity contribution is 7.83. The first-order valence-corrected chi connectivity index (χ1v) is 9.11. The predicted molar refractivity (Wildman–Crippen MR) is 89.1 cm³/mol. The minimum atomic E-state index is -0.941. The number of rotatable bonds is 8. The molecule has 0 bridgehead atoms. The fourth-order valence-electron chi connectivity index (χ4n) is 1.88. The quantitative estimate of drug-likeness (QED) is 0.763. The highest BCUT2D eigenvalue weighted by Crippen LogP contribution is 2.07. The highest BCUT2D eigenvalue weighted by Gasteiger charge is 2.09. The molecule has 0 aliphatic heterocycles. The van der Waals surface area contributed by atoms with Gasteiger partial charge in [0.1, 0.15) is 0 Å². The molecule has 2 N–H and O–H groups in total. The van der Waals surface area contributed by atoms with E-state index in [4.69, 9.17) is 0 Å². The Morgan fingerprint density at radius 1 is 1.32 bits per heavy atom. The lowest BCUT2D eigenvalue weighted by molar-refractivity contribution is -0.121. The van der Waals surface area contributed by atoms with Gasteiger partial charge in [-0.3, -0.25) is 13.8 Å². The maximum Gasteiger partial charge on any atom is 0.251 e. The van der Waals surface area contributed by atoms with E-state index >= 15 is 0 Å². The smallest absolute Gasteiger partial charge is 0.251 e. The summed E-state index contributed by atoms with van der Waals surface area (Å²) in [5.74, 6) is 0.142. The van der Waals surface area contributed by atoms with Crippen molar-refractivity contribution < 1.29 is 13.8 Å². The molecule has 1 aromatic carbocycles. The van der Waals surface area contributed by atoms with Gasteiger partial charge in [0.05, 0.1) is 0 Å². The van der Waals surface area contributed by atoms with Crippen LogP contribution in [-0.2, 0) is 21.3 Å². The Morgan fingerprint density at radius 3 is 2.68 bits per heavy atom. The number of amides is 2. The van der Waals surface area contributed by atoms with Crippen molar-refractivity contribution in [2.45, 2.75) is 38.5 Å². The first-order valence-electron chi connectivity index (χ1n) is 7.39. The van der Waals surface area contributed by atoms with E-state index in [2.05, 4.69) is 10.6 Å². The van der Waals surface area contributed by atoms with Gasteiger partial charge >= 0.3 is 0 Å². The second-order valence-corrected chi connectivity index (χ2v) is 6.74. The van der Waals surface area contributed by atoms with Crippen molar-refractivity contribution in [1.29, 1.82) is 0 Å². The maximum atomic E-state index is 12.0. The summed E-state index contributed by atoms with van der Waals surface area (Å²) >= 11 is 0. The third-order valence-corrected chi connectivity index (χ3v) is 3.96. The Balaban J connectivity index is 2.45. The van der Waals surface area contributed by atoms with Crippen LogP contribution >= 0.6 is 0 Å². The van der Waals surface area contributed by atoms with E-state index in [9.17, 15) is 13.8 Å². The predicted octanol–water partition coefficient (Wildman–Crippen LogP) is 1.60. The summed E-state index contributed by atoms with van der Waals surface area (Å²) in [5, 5.41) is 5.58. The van der Waals surface area contributed by atoms with Crippen molar-refractivity contribution in [2.75, 3.05) is 12.8 Å². The molecule has 122 valence electrons. The van der Waals surface area contributed by atoms with Gasteiger partial charge in [-0.05, 0) is 31.0 Å². The molecule has 5 nitrogen and oxygen atoms in total. The van der Waals surface area contributed by atoms with E-state index in [-0.39, 0.29) is 24.3 Å². The summed E-state index contributed by atoms with van der Waals surface area (Å²) in [6.07, 6.45) is 2.76. The zero-order valence-electron chi connectivity index (χ0n) is 13.3. The van der Waals surface area contributed by atoms with Crippen molar-refractivity contribution in [1.82, 2.24) is 10.6 Å². The van der Waals surface area contributed by atoms with Gasteiger partial charge in [0.15, 0.2) is 0 Å². The SMILES string of the molecule is CC[C@H](C)NC(=O)CCNC(=O)c1cccc(C[S@](C)=O)c1. The van der Waals surface area contributed by atoms with E-state index in [1.165, 1.54) is 0 Å². The lowest BCUT2D eigenvalue weighted by Gasteiger charge is -2.11. The van der Waals surface area contributed by atoms with Gasteiger partial charge in [-0.2, -0.15) is 0 Å². The van der Waals surface area contributed by atoms with E-state index in [0.29, 0.717) is 17.9 Å². The molecule has 0 heterocycles. The molecule has 0 spiro atoms. The van der Waals surface area contributed by atoms with Crippen molar-refractivity contribution in [2.24, 2.45) is 0 Å². The van der Waals surface area contributed by atoms with Gasteiger partial charge < -0.3 is 10.6 Å². The molecule has 0 unspecified atom stereocenters. The molecule has 0 saturated heterocycles. The summed E-state index contributed by atoms with van der Waals surface area (Å²) in [7, 11) is -0.941. The van der Waals surface area contributed by atoms with Gasteiger partial charge in [0.25, 0.3) is 5.91 Å². The summed E-state index contributed by atoms with van der Waals surface area (Å²) in [6.45, 7) is 4.24. The number of nitrogens with one attached hydrogen (secondary N) is 2. The Morgan fingerprint density at radius 2 is 2.05 bits per heavy atom. The fraction of sp³-hybridized carbons (Fsp3) is 0.500. The second-order valence-electron chi connectivity index (χ2n) is 5.30. The molecule has 0 aromatic heterocycles. The minimum Gasteiger partial charge on any atom is -0.354 e. The zero-order valence-corrected chi connectivity index (χ0v) is 14.2. The van der Waals surface area contributed by atoms with Crippen LogP contribution in [0.15, 0.2) is 24.3 Å². The van der Waals surface area contributed by atoms with Gasteiger partial charge in [-0.25, -0.2) is 0 Å². The summed E-state index contributed by atoms with van der Waals surface area (Å²) in [6, 6.07) is 7.20. The Kier molecular flexibility index (Phi) is 7.80. The Bertz CT molecular complexity index is 546. The zero-order chi connectivity index (χ0) is 16.5. The lowest BCUT2D eigenvalue weighted by Crippen LogP contribution is -2.35. The molecular weight excluding hydrogens is 300 g/mol. The average molecular weight is 324 g/mol. The topological polar surface area (TPSA) is 75.3 Å². The third-order valence-electron chi connectivity index (χ3n) is 3.22. The van der Waals surface area contributed by atoms with Crippen LogP contribution in [0.2, 0.25) is 0 Å². The third kappa shape index (κ3) is 6.85.